The van der Waals surface area contributed by atoms with Gasteiger partial charge in [0.25, 0.3) is 0 Å². The Labute approximate surface area is 142 Å². The molecule has 0 radical (unpaired) electrons. The second-order valence-corrected chi connectivity index (χ2v) is 7.54. The van der Waals surface area contributed by atoms with Crippen LogP contribution in [0.4, 0.5) is 0 Å². The molecule has 0 aromatic heterocycles. The molecule has 0 aliphatic heterocycles. The summed E-state index contributed by atoms with van der Waals surface area (Å²) in [6, 6.07) is 0. The SMILES string of the molecule is CC1=CCCC(C)(C)C1/C=C/C(=C/C=C\C(C)=C\C=O)C(C)C. The van der Waals surface area contributed by atoms with Gasteiger partial charge in [0.05, 0.1) is 0 Å². The zero-order valence-corrected chi connectivity index (χ0v) is 15.6. The molecule has 0 saturated heterocycles. The van der Waals surface area contributed by atoms with Gasteiger partial charge in [0.15, 0.2) is 0 Å². The second-order valence-electron chi connectivity index (χ2n) is 7.54. The first-order valence-corrected chi connectivity index (χ1v) is 8.63. The third kappa shape index (κ3) is 6.17. The van der Waals surface area contributed by atoms with Crippen LogP contribution in [0, 0.1) is 17.3 Å². The van der Waals surface area contributed by atoms with Crippen LogP contribution in [-0.2, 0) is 4.79 Å². The van der Waals surface area contributed by atoms with Gasteiger partial charge < -0.3 is 0 Å². The first kappa shape index (κ1) is 19.4. The summed E-state index contributed by atoms with van der Waals surface area (Å²) in [5.41, 5.74) is 4.10. The Morgan fingerprint density at radius 3 is 2.52 bits per heavy atom. The maximum absolute atomic E-state index is 10.4. The Bertz CT molecular complexity index is 551. The van der Waals surface area contributed by atoms with Gasteiger partial charge in [-0.05, 0) is 55.2 Å². The molecule has 1 rings (SSSR count). The Morgan fingerprint density at radius 2 is 1.96 bits per heavy atom. The molecule has 0 bridgehead atoms. The number of rotatable bonds is 6. The van der Waals surface area contributed by atoms with Gasteiger partial charge >= 0.3 is 0 Å². The van der Waals surface area contributed by atoms with Gasteiger partial charge in [-0.25, -0.2) is 0 Å². The molecule has 0 saturated carbocycles. The Hall–Kier alpha value is -1.63. The van der Waals surface area contributed by atoms with Crippen LogP contribution in [-0.4, -0.2) is 6.29 Å². The topological polar surface area (TPSA) is 17.1 Å². The highest BCUT2D eigenvalue weighted by Gasteiger charge is 2.30. The Morgan fingerprint density at radius 1 is 1.26 bits per heavy atom. The number of aldehydes is 1. The zero-order chi connectivity index (χ0) is 17.5. The van der Waals surface area contributed by atoms with E-state index in [-0.39, 0.29) is 0 Å². The van der Waals surface area contributed by atoms with E-state index in [0.717, 1.165) is 11.9 Å². The van der Waals surface area contributed by atoms with E-state index < -0.39 is 0 Å². The molecular weight excluding hydrogens is 280 g/mol. The van der Waals surface area contributed by atoms with Crippen molar-refractivity contribution in [2.45, 2.75) is 54.4 Å². The third-order valence-electron chi connectivity index (χ3n) is 4.71. The van der Waals surface area contributed by atoms with E-state index in [9.17, 15) is 4.79 Å². The molecule has 1 unspecified atom stereocenters. The fourth-order valence-electron chi connectivity index (χ4n) is 3.10. The average Bonchev–Trinajstić information content (AvgIpc) is 2.44. The lowest BCUT2D eigenvalue weighted by Crippen LogP contribution is -2.26. The molecule has 1 aliphatic carbocycles. The van der Waals surface area contributed by atoms with Crippen molar-refractivity contribution in [1.29, 1.82) is 0 Å². The smallest absolute Gasteiger partial charge is 0.143 e. The van der Waals surface area contributed by atoms with Crippen LogP contribution in [0.2, 0.25) is 0 Å². The molecule has 1 aliphatic rings. The van der Waals surface area contributed by atoms with E-state index in [1.54, 1.807) is 6.08 Å². The maximum Gasteiger partial charge on any atom is 0.143 e. The lowest BCUT2D eigenvalue weighted by Gasteiger charge is -2.36. The van der Waals surface area contributed by atoms with Crippen molar-refractivity contribution in [3.8, 4) is 0 Å². The van der Waals surface area contributed by atoms with Crippen molar-refractivity contribution >= 4 is 6.29 Å². The molecule has 0 amide bonds. The molecule has 0 heterocycles. The van der Waals surface area contributed by atoms with Crippen molar-refractivity contribution in [3.63, 3.8) is 0 Å². The van der Waals surface area contributed by atoms with Gasteiger partial charge in [-0.15, -0.1) is 0 Å². The number of hydrogen-bond acceptors (Lipinski definition) is 1. The average molecular weight is 312 g/mol. The summed E-state index contributed by atoms with van der Waals surface area (Å²) in [6.07, 6.45) is 18.0. The molecular formula is C22H32O. The minimum Gasteiger partial charge on any atom is -0.299 e. The van der Waals surface area contributed by atoms with Crippen molar-refractivity contribution in [1.82, 2.24) is 0 Å². The summed E-state index contributed by atoms with van der Waals surface area (Å²) in [4.78, 5) is 10.4. The van der Waals surface area contributed by atoms with Crippen LogP contribution >= 0.6 is 0 Å². The summed E-state index contributed by atoms with van der Waals surface area (Å²) in [6.45, 7) is 13.3. The van der Waals surface area contributed by atoms with E-state index in [1.165, 1.54) is 24.0 Å². The van der Waals surface area contributed by atoms with E-state index in [2.05, 4.69) is 58.9 Å². The summed E-state index contributed by atoms with van der Waals surface area (Å²) >= 11 is 0. The van der Waals surface area contributed by atoms with Crippen LogP contribution in [0.15, 0.2) is 59.3 Å². The molecule has 0 N–H and O–H groups in total. The first-order valence-electron chi connectivity index (χ1n) is 8.63. The molecule has 1 heteroatoms. The van der Waals surface area contributed by atoms with Crippen molar-refractivity contribution in [3.05, 3.63) is 59.3 Å². The predicted molar refractivity (Wildman–Crippen MR) is 101 cm³/mol. The molecule has 23 heavy (non-hydrogen) atoms. The van der Waals surface area contributed by atoms with Gasteiger partial charge in [0.2, 0.25) is 0 Å². The summed E-state index contributed by atoms with van der Waals surface area (Å²) in [5, 5.41) is 0. The predicted octanol–water partition coefficient (Wildman–Crippen LogP) is 6.21. The van der Waals surface area contributed by atoms with Crippen LogP contribution in [0.3, 0.4) is 0 Å². The normalized spacial score (nSPS) is 22.9. The largest absolute Gasteiger partial charge is 0.299 e. The highest BCUT2D eigenvalue weighted by Crippen LogP contribution is 2.41. The molecule has 0 spiro atoms. The lowest BCUT2D eigenvalue weighted by molar-refractivity contribution is -0.104. The van der Waals surface area contributed by atoms with Crippen molar-refractivity contribution in [2.75, 3.05) is 0 Å². The Balaban J connectivity index is 2.95. The minimum atomic E-state index is 0.330. The van der Waals surface area contributed by atoms with Gasteiger partial charge in [-0.1, -0.05) is 69.7 Å². The quantitative estimate of drug-likeness (QED) is 0.247. The minimum absolute atomic E-state index is 0.330. The van der Waals surface area contributed by atoms with Crippen molar-refractivity contribution < 1.29 is 4.79 Å². The highest BCUT2D eigenvalue weighted by atomic mass is 16.1. The number of hydrogen-bond donors (Lipinski definition) is 0. The third-order valence-corrected chi connectivity index (χ3v) is 4.71. The fourth-order valence-corrected chi connectivity index (χ4v) is 3.10. The molecule has 1 nitrogen and oxygen atoms in total. The van der Waals surface area contributed by atoms with E-state index in [0.29, 0.717) is 17.3 Å². The van der Waals surface area contributed by atoms with Gasteiger partial charge in [-0.2, -0.15) is 0 Å². The number of carbonyl (C=O) groups is 1. The molecule has 1 atom stereocenters. The summed E-state index contributed by atoms with van der Waals surface area (Å²) < 4.78 is 0. The van der Waals surface area contributed by atoms with Gasteiger partial charge in [0, 0.05) is 5.92 Å². The fraction of sp³-hybridized carbons (Fsp3) is 0.500. The molecule has 126 valence electrons. The van der Waals surface area contributed by atoms with E-state index >= 15 is 0 Å². The molecule has 0 aromatic carbocycles. The van der Waals surface area contributed by atoms with E-state index in [1.807, 2.05) is 19.1 Å². The van der Waals surface area contributed by atoms with Crippen LogP contribution in [0.1, 0.15) is 54.4 Å². The van der Waals surface area contributed by atoms with E-state index in [4.69, 9.17) is 0 Å². The Kier molecular flexibility index (Phi) is 7.48. The van der Waals surface area contributed by atoms with Crippen LogP contribution in [0.25, 0.3) is 0 Å². The van der Waals surface area contributed by atoms with Crippen LogP contribution < -0.4 is 0 Å². The first-order chi connectivity index (χ1) is 10.8. The summed E-state index contributed by atoms with van der Waals surface area (Å²) in [7, 11) is 0. The van der Waals surface area contributed by atoms with Gasteiger partial charge in [-0.3, -0.25) is 4.79 Å². The zero-order valence-electron chi connectivity index (χ0n) is 15.6. The standard InChI is InChI=1S/C22H32O/c1-17(2)20(11-7-9-18(3)14-16-23)12-13-21-19(4)10-8-15-22(21,5)6/h7,9-14,16-17,21H,8,15H2,1-6H3/b9-7-,13-12+,18-14+,20-11-. The van der Waals surface area contributed by atoms with Crippen LogP contribution in [0.5, 0.6) is 0 Å². The number of allylic oxidation sites excluding steroid dienone is 10. The lowest BCUT2D eigenvalue weighted by atomic mass is 9.68. The highest BCUT2D eigenvalue weighted by molar-refractivity contribution is 5.66. The summed E-state index contributed by atoms with van der Waals surface area (Å²) in [5.74, 6) is 0.987. The maximum atomic E-state index is 10.4. The van der Waals surface area contributed by atoms with Gasteiger partial charge in [0.1, 0.15) is 6.29 Å². The monoisotopic (exact) mass is 312 g/mol. The second kappa shape index (κ2) is 8.86. The molecule has 0 aromatic rings. The van der Waals surface area contributed by atoms with Crippen molar-refractivity contribution in [2.24, 2.45) is 17.3 Å². The number of carbonyl (C=O) groups excluding carboxylic acids is 1. The molecule has 0 fully saturated rings.